The fourth-order valence-corrected chi connectivity index (χ4v) is 9.25. The number of likely N-dealkylation sites (N-methyl/N-ethyl adjacent to an activating group) is 1. The highest BCUT2D eigenvalue weighted by Gasteiger charge is 2.51. The van der Waals surface area contributed by atoms with Crippen LogP contribution in [0.3, 0.4) is 0 Å². The molecule has 2 amide bonds. The highest BCUT2D eigenvalue weighted by atomic mass is 32.1. The number of carbonyl (C=O) groups is 1. The van der Waals surface area contributed by atoms with Crippen LogP contribution in [0.25, 0.3) is 5.00 Å². The minimum Gasteiger partial charge on any atom is -0.333 e. The molecule has 3 heterocycles. The molecule has 1 aliphatic heterocycles. The van der Waals surface area contributed by atoms with Gasteiger partial charge in [-0.2, -0.15) is 0 Å². The van der Waals surface area contributed by atoms with Gasteiger partial charge in [0.2, 0.25) is 0 Å². The number of nitrogens with one attached hydrogen (secondary N) is 2. The number of rotatable bonds is 6. The van der Waals surface area contributed by atoms with E-state index in [4.69, 9.17) is 0 Å². The Hall–Kier alpha value is -1.79. The normalized spacial score (nSPS) is 31.4. The van der Waals surface area contributed by atoms with Crippen LogP contribution in [0.15, 0.2) is 24.5 Å². The van der Waals surface area contributed by atoms with Crippen molar-refractivity contribution in [2.24, 2.45) is 17.8 Å². The lowest BCUT2D eigenvalue weighted by Gasteiger charge is -2.56. The summed E-state index contributed by atoms with van der Waals surface area (Å²) in [6.45, 7) is 7.68. The van der Waals surface area contributed by atoms with E-state index in [-0.39, 0.29) is 17.6 Å². The second kappa shape index (κ2) is 8.46. The zero-order chi connectivity index (χ0) is 22.6. The van der Waals surface area contributed by atoms with Gasteiger partial charge in [0, 0.05) is 41.5 Å². The summed E-state index contributed by atoms with van der Waals surface area (Å²) in [5.74, 6) is 2.51. The molecule has 2 aromatic rings. The van der Waals surface area contributed by atoms with Crippen molar-refractivity contribution in [1.82, 2.24) is 20.1 Å². The van der Waals surface area contributed by atoms with Crippen molar-refractivity contribution in [2.45, 2.75) is 83.3 Å². The Kier molecular flexibility index (Phi) is 5.57. The molecule has 6 heteroatoms. The van der Waals surface area contributed by atoms with E-state index < -0.39 is 0 Å². The van der Waals surface area contributed by atoms with Gasteiger partial charge in [-0.15, -0.1) is 11.3 Å². The Labute approximate surface area is 201 Å². The van der Waals surface area contributed by atoms with E-state index in [9.17, 15) is 4.79 Å². The molecule has 5 aliphatic rings. The van der Waals surface area contributed by atoms with Crippen molar-refractivity contribution < 1.29 is 4.79 Å². The van der Waals surface area contributed by atoms with Crippen LogP contribution in [0.5, 0.6) is 0 Å². The van der Waals surface area contributed by atoms with E-state index in [1.165, 1.54) is 59.5 Å². The first-order chi connectivity index (χ1) is 16.1. The summed E-state index contributed by atoms with van der Waals surface area (Å²) in [5, 5.41) is 8.27. The molecule has 0 unspecified atom stereocenters. The number of amides is 2. The zero-order valence-electron chi connectivity index (χ0n) is 20.1. The Balaban J connectivity index is 1.26. The lowest BCUT2D eigenvalue weighted by Crippen LogP contribution is -2.61. The van der Waals surface area contributed by atoms with Gasteiger partial charge in [-0.05, 0) is 93.4 Å². The third-order valence-corrected chi connectivity index (χ3v) is 10.2. The molecule has 0 spiro atoms. The maximum Gasteiger partial charge on any atom is 0.315 e. The van der Waals surface area contributed by atoms with Gasteiger partial charge in [-0.25, -0.2) is 4.79 Å². The molecular formula is C27H38N4OS. The minimum absolute atomic E-state index is 0.0458. The van der Waals surface area contributed by atoms with Crippen LogP contribution in [0.2, 0.25) is 0 Å². The van der Waals surface area contributed by atoms with Crippen LogP contribution in [-0.2, 0) is 13.0 Å². The summed E-state index contributed by atoms with van der Waals surface area (Å²) in [6.07, 6.45) is 14.0. The van der Waals surface area contributed by atoms with Gasteiger partial charge in [0.25, 0.3) is 0 Å². The van der Waals surface area contributed by atoms with Gasteiger partial charge in [0.15, 0.2) is 0 Å². The van der Waals surface area contributed by atoms with E-state index in [0.29, 0.717) is 0 Å². The fraction of sp³-hybridized carbons (Fsp3) is 0.667. The smallest absolute Gasteiger partial charge is 0.315 e. The molecule has 5 nitrogen and oxygen atoms in total. The third-order valence-electron chi connectivity index (χ3n) is 8.92. The molecule has 178 valence electrons. The number of aromatic nitrogens is 1. The minimum atomic E-state index is 0.0458. The first kappa shape index (κ1) is 21.7. The van der Waals surface area contributed by atoms with Crippen molar-refractivity contribution in [3.63, 3.8) is 0 Å². The molecule has 4 fully saturated rings. The van der Waals surface area contributed by atoms with Gasteiger partial charge in [0.1, 0.15) is 5.00 Å². The molecular weight excluding hydrogens is 428 g/mol. The van der Waals surface area contributed by atoms with Crippen LogP contribution in [-0.4, -0.2) is 34.1 Å². The Bertz CT molecular complexity index is 974. The fourth-order valence-electron chi connectivity index (χ4n) is 7.83. The Morgan fingerprint density at radius 3 is 2.39 bits per heavy atom. The average molecular weight is 467 g/mol. The average Bonchev–Trinajstić information content (AvgIpc) is 3.43. The van der Waals surface area contributed by atoms with Crippen molar-refractivity contribution in [3.05, 3.63) is 40.5 Å². The van der Waals surface area contributed by atoms with Crippen molar-refractivity contribution in [1.29, 1.82) is 0 Å². The first-order valence-corrected chi connectivity index (χ1v) is 14.0. The molecule has 4 aliphatic carbocycles. The van der Waals surface area contributed by atoms with Crippen LogP contribution in [0, 0.1) is 17.8 Å². The predicted molar refractivity (Wildman–Crippen MR) is 134 cm³/mol. The van der Waals surface area contributed by atoms with Gasteiger partial charge >= 0.3 is 6.03 Å². The largest absolute Gasteiger partial charge is 0.333 e. The number of hydrogen-bond donors (Lipinski definition) is 2. The van der Waals surface area contributed by atoms with E-state index in [1.54, 1.807) is 0 Å². The molecule has 0 radical (unpaired) electrons. The molecule has 7 rings (SSSR count). The Morgan fingerprint density at radius 1 is 1.12 bits per heavy atom. The summed E-state index contributed by atoms with van der Waals surface area (Å²) in [5.41, 5.74) is 2.89. The summed E-state index contributed by atoms with van der Waals surface area (Å²) < 4.78 is 2.25. The molecule has 2 aromatic heterocycles. The molecule has 4 bridgehead atoms. The van der Waals surface area contributed by atoms with Gasteiger partial charge < -0.3 is 15.2 Å². The second-order valence-corrected chi connectivity index (χ2v) is 12.3. The quantitative estimate of drug-likeness (QED) is 0.579. The lowest BCUT2D eigenvalue weighted by atomic mass is 9.53. The van der Waals surface area contributed by atoms with E-state index >= 15 is 0 Å². The molecule has 4 saturated carbocycles. The summed E-state index contributed by atoms with van der Waals surface area (Å²) >= 11 is 1.91. The third kappa shape index (κ3) is 3.93. The van der Waals surface area contributed by atoms with Gasteiger partial charge in [-0.3, -0.25) is 4.90 Å². The van der Waals surface area contributed by atoms with Crippen LogP contribution < -0.4 is 10.6 Å². The summed E-state index contributed by atoms with van der Waals surface area (Å²) in [6, 6.07) is 4.28. The number of thiophene rings is 1. The van der Waals surface area contributed by atoms with E-state index in [0.717, 1.165) is 50.2 Å². The molecule has 0 aromatic carbocycles. The first-order valence-electron chi connectivity index (χ1n) is 13.1. The van der Waals surface area contributed by atoms with E-state index in [1.807, 2.05) is 11.3 Å². The number of hydrogen-bond acceptors (Lipinski definition) is 3. The number of urea groups is 1. The van der Waals surface area contributed by atoms with Crippen LogP contribution in [0.4, 0.5) is 4.79 Å². The number of fused-ring (bicyclic) bond motifs is 1. The van der Waals surface area contributed by atoms with Crippen molar-refractivity contribution in [3.8, 4) is 5.00 Å². The number of nitrogens with zero attached hydrogens (tertiary/aromatic N) is 2. The van der Waals surface area contributed by atoms with Crippen LogP contribution in [0.1, 0.15) is 80.8 Å². The summed E-state index contributed by atoms with van der Waals surface area (Å²) in [4.78, 5) is 17.4. The van der Waals surface area contributed by atoms with E-state index in [2.05, 4.69) is 58.5 Å². The molecule has 0 saturated heterocycles. The monoisotopic (exact) mass is 466 g/mol. The standard InChI is InChI=1S/C27H38N4OS/c1-3-22(28-26(32)29-27-14-18-11-19(15-27)13-20(12-18)16-27)24-21-7-10-30(4-2)17-23(21)33-25(24)31-8-5-6-9-31/h5-6,8-9,18-20,22H,3-4,7,10-17H2,1-2H3,(H2,28,29,32)/t18?,19?,20?,22-,27?/m1/s1. The Morgan fingerprint density at radius 2 is 1.79 bits per heavy atom. The second-order valence-electron chi connectivity index (χ2n) is 11.2. The molecule has 2 N–H and O–H groups in total. The number of carbonyl (C=O) groups excluding carboxylic acids is 1. The maximum absolute atomic E-state index is 13.4. The highest BCUT2D eigenvalue weighted by Crippen LogP contribution is 2.55. The van der Waals surface area contributed by atoms with Gasteiger partial charge in [-0.1, -0.05) is 13.8 Å². The topological polar surface area (TPSA) is 49.3 Å². The zero-order valence-corrected chi connectivity index (χ0v) is 20.9. The summed E-state index contributed by atoms with van der Waals surface area (Å²) in [7, 11) is 0. The van der Waals surface area contributed by atoms with Gasteiger partial charge in [0.05, 0.1) is 6.04 Å². The predicted octanol–water partition coefficient (Wildman–Crippen LogP) is 5.64. The highest BCUT2D eigenvalue weighted by molar-refractivity contribution is 7.15. The SMILES string of the molecule is CC[C@@H](NC(=O)NC12CC3CC(CC(C3)C1)C2)c1c(-n2cccc2)sc2c1CCN(CC)C2. The van der Waals surface area contributed by atoms with Crippen LogP contribution >= 0.6 is 11.3 Å². The van der Waals surface area contributed by atoms with Crippen molar-refractivity contribution in [2.75, 3.05) is 13.1 Å². The molecule has 33 heavy (non-hydrogen) atoms. The van der Waals surface area contributed by atoms with Crippen molar-refractivity contribution >= 4 is 17.4 Å². The maximum atomic E-state index is 13.4. The molecule has 1 atom stereocenters. The lowest BCUT2D eigenvalue weighted by molar-refractivity contribution is -0.0136.